The molecule has 0 spiro atoms. The fraction of sp³-hybridized carbons (Fsp3) is 0.581. The molecule has 0 aliphatic heterocycles. The van der Waals surface area contributed by atoms with Crippen LogP contribution < -0.4 is 31.1 Å². The number of nitrogens with one attached hydrogen (secondary N) is 4. The van der Waals surface area contributed by atoms with Crippen LogP contribution in [0.5, 0.6) is 0 Å². The van der Waals surface area contributed by atoms with E-state index in [0.717, 1.165) is 23.6 Å². The number of aliphatic hydroxyl groups is 8. The van der Waals surface area contributed by atoms with Crippen LogP contribution in [0.15, 0.2) is 0 Å². The number of carbonyl (C=O) groups excluding carboxylic acids is 6. The van der Waals surface area contributed by atoms with Crippen molar-refractivity contribution in [3.05, 3.63) is 55.6 Å². The Morgan fingerprint density at radius 1 is 0.508 bits per heavy atom. The first kappa shape index (κ1) is 56.0. The molecule has 0 saturated carbocycles. The van der Waals surface area contributed by atoms with Crippen molar-refractivity contribution in [3.63, 3.8) is 0 Å². The van der Waals surface area contributed by atoms with Crippen LogP contribution in [0.3, 0.4) is 0 Å². The Labute approximate surface area is 368 Å². The fourth-order valence-corrected chi connectivity index (χ4v) is 7.45. The molecule has 12 N–H and O–H groups in total. The van der Waals surface area contributed by atoms with E-state index < -0.39 is 112 Å². The van der Waals surface area contributed by atoms with E-state index in [2.05, 4.69) is 21.3 Å². The van der Waals surface area contributed by atoms with Crippen LogP contribution in [0.2, 0.25) is 0 Å². The molecule has 0 saturated heterocycles. The molecule has 63 heavy (non-hydrogen) atoms. The van der Waals surface area contributed by atoms with E-state index in [0.29, 0.717) is 0 Å². The molecule has 0 aromatic heterocycles. The summed E-state index contributed by atoms with van der Waals surface area (Å²) in [5, 5.41) is 90.8. The average Bonchev–Trinajstić information content (AvgIpc) is 3.24. The summed E-state index contributed by atoms with van der Waals surface area (Å²) in [7, 11) is 0. The summed E-state index contributed by atoms with van der Waals surface area (Å²) in [5.74, 6) is -4.37. The first-order valence-corrected chi connectivity index (χ1v) is 20.8. The largest absolute Gasteiger partial charge is 0.395 e. The fourth-order valence-electron chi connectivity index (χ4n) is 7.45. The van der Waals surface area contributed by atoms with Gasteiger partial charge in [-0.25, -0.2) is 0 Å². The van der Waals surface area contributed by atoms with Crippen molar-refractivity contribution in [2.24, 2.45) is 0 Å². The number of hydrogen-bond donors (Lipinski definition) is 12. The summed E-state index contributed by atoms with van der Waals surface area (Å²) >= 11 is 0. The molecular weight excluding hydrogens is 825 g/mol. The van der Waals surface area contributed by atoms with Crippen molar-refractivity contribution in [3.8, 4) is 0 Å². The number of benzene rings is 2. The normalized spacial score (nSPS) is 11.9. The number of carbonyl (C=O) groups is 6. The van der Waals surface area contributed by atoms with E-state index in [1.807, 2.05) is 13.8 Å². The summed E-state index contributed by atoms with van der Waals surface area (Å²) < 4.78 is 0. The molecule has 2 unspecified atom stereocenters. The number of amides is 6. The lowest BCUT2D eigenvalue weighted by atomic mass is 9.87. The SMILES string of the molecule is CC.CCc1c(C(=O)NC(CO)CO)c(C)c(C(=O)NCCO)c(C)c1N(CC(O)C(O)CN(C(C)=O)c1c(C)c(C(=O)NCCO)c(C)c(C(=O)NC(CO)CO)c1C)C(C)=O. The second-order valence-electron chi connectivity index (χ2n) is 14.6. The molecule has 20 heteroatoms. The molecule has 2 atom stereocenters. The van der Waals surface area contributed by atoms with E-state index >= 15 is 0 Å². The number of nitrogens with zero attached hydrogens (tertiary/aromatic N) is 2. The van der Waals surface area contributed by atoms with Crippen LogP contribution >= 0.6 is 0 Å². The maximum Gasteiger partial charge on any atom is 0.252 e. The Morgan fingerprint density at radius 2 is 0.825 bits per heavy atom. The van der Waals surface area contributed by atoms with Gasteiger partial charge in [-0.15, -0.1) is 0 Å². The molecule has 354 valence electrons. The molecule has 20 nitrogen and oxygen atoms in total. The smallest absolute Gasteiger partial charge is 0.252 e. The van der Waals surface area contributed by atoms with Gasteiger partial charge in [-0.1, -0.05) is 20.8 Å². The highest BCUT2D eigenvalue weighted by molar-refractivity contribution is 6.09. The van der Waals surface area contributed by atoms with Crippen LogP contribution in [-0.4, -0.2) is 166 Å². The van der Waals surface area contributed by atoms with Gasteiger partial charge in [0.25, 0.3) is 23.6 Å². The number of anilines is 2. The van der Waals surface area contributed by atoms with Crippen molar-refractivity contribution in [1.29, 1.82) is 0 Å². The third kappa shape index (κ3) is 13.5. The highest BCUT2D eigenvalue weighted by Gasteiger charge is 2.35. The van der Waals surface area contributed by atoms with Crippen molar-refractivity contribution in [1.82, 2.24) is 21.3 Å². The average molecular weight is 893 g/mol. The van der Waals surface area contributed by atoms with Gasteiger partial charge >= 0.3 is 0 Å². The molecule has 0 aliphatic carbocycles. The van der Waals surface area contributed by atoms with Gasteiger partial charge in [-0.3, -0.25) is 28.8 Å². The third-order valence-corrected chi connectivity index (χ3v) is 10.4. The first-order valence-electron chi connectivity index (χ1n) is 20.8. The Hall–Kier alpha value is -5.06. The molecule has 0 radical (unpaired) electrons. The predicted octanol–water partition coefficient (Wildman–Crippen LogP) is -1.44. The predicted molar refractivity (Wildman–Crippen MR) is 235 cm³/mol. The van der Waals surface area contributed by atoms with Crippen LogP contribution in [0, 0.1) is 34.6 Å². The summed E-state index contributed by atoms with van der Waals surface area (Å²) in [4.78, 5) is 83.6. The summed E-state index contributed by atoms with van der Waals surface area (Å²) in [5.41, 5.74) is 0.996. The van der Waals surface area contributed by atoms with Gasteiger partial charge in [0.2, 0.25) is 11.8 Å². The molecule has 6 amide bonds. The Bertz CT molecular complexity index is 1930. The van der Waals surface area contributed by atoms with Gasteiger partial charge < -0.3 is 71.9 Å². The van der Waals surface area contributed by atoms with Crippen molar-refractivity contribution < 1.29 is 69.6 Å². The highest BCUT2D eigenvalue weighted by atomic mass is 16.3. The summed E-state index contributed by atoms with van der Waals surface area (Å²) in [6, 6.07) is -2.15. The van der Waals surface area contributed by atoms with Crippen molar-refractivity contribution in [2.45, 2.75) is 99.9 Å². The number of aliphatic hydroxyl groups excluding tert-OH is 8. The van der Waals surface area contributed by atoms with Crippen LogP contribution in [0.4, 0.5) is 11.4 Å². The lowest BCUT2D eigenvalue weighted by molar-refractivity contribution is -0.118. The maximum atomic E-state index is 13.8. The topological polar surface area (TPSA) is 319 Å². The second kappa shape index (κ2) is 26.5. The molecule has 0 aliphatic rings. The summed E-state index contributed by atoms with van der Waals surface area (Å²) in [6.45, 7) is 10.6. The van der Waals surface area contributed by atoms with Crippen molar-refractivity contribution >= 4 is 46.8 Å². The number of hydrogen-bond acceptors (Lipinski definition) is 14. The lowest BCUT2D eigenvalue weighted by Gasteiger charge is -2.34. The van der Waals surface area contributed by atoms with Gasteiger partial charge in [0.15, 0.2) is 0 Å². The van der Waals surface area contributed by atoms with Crippen molar-refractivity contribution in [2.75, 3.05) is 75.6 Å². The molecule has 0 heterocycles. The molecule has 2 rings (SSSR count). The first-order chi connectivity index (χ1) is 29.7. The van der Waals surface area contributed by atoms with E-state index in [9.17, 15) is 69.6 Å². The van der Waals surface area contributed by atoms with Gasteiger partial charge in [0, 0.05) is 49.2 Å². The van der Waals surface area contributed by atoms with Crippen LogP contribution in [0.1, 0.15) is 109 Å². The van der Waals surface area contributed by atoms with Gasteiger partial charge in [-0.2, -0.15) is 0 Å². The van der Waals surface area contributed by atoms with Crippen LogP contribution in [-0.2, 0) is 16.0 Å². The molecule has 2 aromatic rings. The minimum atomic E-state index is -1.83. The lowest BCUT2D eigenvalue weighted by Crippen LogP contribution is -2.48. The third-order valence-electron chi connectivity index (χ3n) is 10.4. The highest BCUT2D eigenvalue weighted by Crippen LogP contribution is 2.37. The summed E-state index contributed by atoms with van der Waals surface area (Å²) in [6.07, 6.45) is -3.57. The minimum Gasteiger partial charge on any atom is -0.395 e. The zero-order valence-corrected chi connectivity index (χ0v) is 38.0. The molecule has 0 bridgehead atoms. The van der Waals surface area contributed by atoms with Gasteiger partial charge in [-0.05, 0) is 74.4 Å². The number of rotatable bonds is 22. The quantitative estimate of drug-likeness (QED) is 0.0645. The van der Waals surface area contributed by atoms with Crippen LogP contribution in [0.25, 0.3) is 0 Å². The zero-order valence-electron chi connectivity index (χ0n) is 38.0. The zero-order chi connectivity index (χ0) is 48.5. The van der Waals surface area contributed by atoms with E-state index in [-0.39, 0.29) is 86.5 Å². The Kier molecular flexibility index (Phi) is 23.6. The minimum absolute atomic E-state index is 0.0116. The molecule has 0 fully saturated rings. The maximum absolute atomic E-state index is 13.8. The molecule has 2 aromatic carbocycles. The second-order valence-corrected chi connectivity index (χ2v) is 14.6. The molecular formula is C43H68N6O14. The van der Waals surface area contributed by atoms with Gasteiger partial charge in [0.1, 0.15) is 0 Å². The van der Waals surface area contributed by atoms with Gasteiger partial charge in [0.05, 0.1) is 88.4 Å². The van der Waals surface area contributed by atoms with E-state index in [1.54, 1.807) is 6.92 Å². The monoisotopic (exact) mass is 892 g/mol. The standard InChI is InChI=1S/C41H62N6O14.C2H6/c1-9-29-35(41(61)45-28(18-52)19-53)21(3)33(39(59)43-11-13-49)24(6)37(29)47(26(8)55)15-31(57)30(56)14-46(25(7)54)36-22(4)32(38(58)42-10-12-48)20(2)34(23(36)5)40(60)44-27(16-50)17-51;1-2/h27-28,30-31,48-53,56-57H,9-19H2,1-8H3,(H,42,58)(H,43,59)(H,44,60)(H,45,61);1-2H3. The Balaban J connectivity index is 0.00000977. The van der Waals surface area contributed by atoms with E-state index in [1.165, 1.54) is 34.6 Å². The van der Waals surface area contributed by atoms with E-state index in [4.69, 9.17) is 0 Å². The Morgan fingerprint density at radius 3 is 1.16 bits per heavy atom.